The molecule has 0 radical (unpaired) electrons. The molecule has 0 saturated carbocycles. The van der Waals surface area contributed by atoms with Crippen LogP contribution >= 0.6 is 11.7 Å². The minimum atomic E-state index is -0.568. The van der Waals surface area contributed by atoms with E-state index >= 15 is 0 Å². The van der Waals surface area contributed by atoms with Crippen molar-refractivity contribution in [2.45, 2.75) is 6.92 Å². The van der Waals surface area contributed by atoms with Gasteiger partial charge in [0.1, 0.15) is 16.8 Å². The van der Waals surface area contributed by atoms with Crippen molar-refractivity contribution in [3.8, 4) is 0 Å². The van der Waals surface area contributed by atoms with Gasteiger partial charge in [-0.3, -0.25) is 0 Å². The summed E-state index contributed by atoms with van der Waals surface area (Å²) in [5, 5.41) is 9.73. The van der Waals surface area contributed by atoms with Gasteiger partial charge >= 0.3 is 5.97 Å². The first-order valence-electron chi connectivity index (χ1n) is 5.01. The standard InChI is InChI=1S/C11H10N2O3S/c1-2-16-11(15)6-10(14)7-3-4-8-9(5-7)13-17-12-8/h3-6,14H,2H2,1H3/b10-6-. The van der Waals surface area contributed by atoms with Crippen LogP contribution in [0.2, 0.25) is 0 Å². The quantitative estimate of drug-likeness (QED) is 0.513. The molecule has 6 heteroatoms. The Labute approximate surface area is 102 Å². The van der Waals surface area contributed by atoms with Crippen molar-refractivity contribution >= 4 is 34.5 Å². The van der Waals surface area contributed by atoms with Crippen molar-refractivity contribution in [2.75, 3.05) is 6.61 Å². The van der Waals surface area contributed by atoms with E-state index in [1.807, 2.05) is 0 Å². The molecule has 0 atom stereocenters. The summed E-state index contributed by atoms with van der Waals surface area (Å²) in [6, 6.07) is 5.09. The second-order valence-corrected chi connectivity index (χ2v) is 3.78. The van der Waals surface area contributed by atoms with Crippen LogP contribution in [0.4, 0.5) is 0 Å². The molecule has 88 valence electrons. The summed E-state index contributed by atoms with van der Waals surface area (Å²) >= 11 is 1.10. The Morgan fingerprint density at radius 2 is 2.24 bits per heavy atom. The zero-order chi connectivity index (χ0) is 12.3. The number of hydrogen-bond acceptors (Lipinski definition) is 6. The number of carbonyl (C=O) groups is 1. The van der Waals surface area contributed by atoms with E-state index in [1.165, 1.54) is 0 Å². The Bertz CT molecular complexity index is 577. The molecule has 17 heavy (non-hydrogen) atoms. The smallest absolute Gasteiger partial charge is 0.334 e. The van der Waals surface area contributed by atoms with Crippen LogP contribution in [-0.2, 0) is 9.53 Å². The molecule has 0 unspecified atom stereocenters. The van der Waals surface area contributed by atoms with Crippen molar-refractivity contribution < 1.29 is 14.6 Å². The highest BCUT2D eigenvalue weighted by Crippen LogP contribution is 2.18. The zero-order valence-electron chi connectivity index (χ0n) is 9.08. The van der Waals surface area contributed by atoms with Crippen LogP contribution in [0.3, 0.4) is 0 Å². The Morgan fingerprint density at radius 1 is 1.47 bits per heavy atom. The fourth-order valence-corrected chi connectivity index (χ4v) is 1.84. The van der Waals surface area contributed by atoms with Crippen LogP contribution in [0.1, 0.15) is 12.5 Å². The van der Waals surface area contributed by atoms with E-state index in [0.29, 0.717) is 11.1 Å². The maximum atomic E-state index is 11.2. The number of esters is 1. The molecular weight excluding hydrogens is 240 g/mol. The normalized spacial score (nSPS) is 11.7. The van der Waals surface area contributed by atoms with Crippen LogP contribution in [0.5, 0.6) is 0 Å². The number of hydrogen-bond donors (Lipinski definition) is 1. The third-order valence-corrected chi connectivity index (χ3v) is 2.65. The van der Waals surface area contributed by atoms with Gasteiger partial charge in [-0.15, -0.1) is 0 Å². The lowest BCUT2D eigenvalue weighted by Crippen LogP contribution is -2.00. The topological polar surface area (TPSA) is 72.3 Å². The van der Waals surface area contributed by atoms with Gasteiger partial charge in [0.15, 0.2) is 0 Å². The van der Waals surface area contributed by atoms with Gasteiger partial charge in [0.2, 0.25) is 0 Å². The first-order chi connectivity index (χ1) is 8.20. The van der Waals surface area contributed by atoms with Crippen LogP contribution in [0.15, 0.2) is 24.3 Å². The fraction of sp³-hybridized carbons (Fsp3) is 0.182. The monoisotopic (exact) mass is 250 g/mol. The molecule has 0 bridgehead atoms. The number of aliphatic hydroxyl groups excluding tert-OH is 1. The van der Waals surface area contributed by atoms with Crippen LogP contribution in [-0.4, -0.2) is 26.4 Å². The lowest BCUT2D eigenvalue weighted by atomic mass is 10.1. The maximum absolute atomic E-state index is 11.2. The Balaban J connectivity index is 2.29. The summed E-state index contributed by atoms with van der Waals surface area (Å²) < 4.78 is 12.8. The van der Waals surface area contributed by atoms with Gasteiger partial charge in [0.25, 0.3) is 0 Å². The SMILES string of the molecule is CCOC(=O)/C=C(\O)c1ccc2nsnc2c1. The van der Waals surface area contributed by atoms with Gasteiger partial charge in [-0.2, -0.15) is 8.75 Å². The highest BCUT2D eigenvalue weighted by Gasteiger charge is 2.06. The molecule has 0 fully saturated rings. The van der Waals surface area contributed by atoms with Gasteiger partial charge in [-0.25, -0.2) is 4.79 Å². The lowest BCUT2D eigenvalue weighted by Gasteiger charge is -2.00. The Hall–Kier alpha value is -1.95. The Morgan fingerprint density at radius 3 is 3.00 bits per heavy atom. The lowest BCUT2D eigenvalue weighted by molar-refractivity contribution is -0.137. The number of fused-ring (bicyclic) bond motifs is 1. The highest BCUT2D eigenvalue weighted by atomic mass is 32.1. The summed E-state index contributed by atoms with van der Waals surface area (Å²) in [7, 11) is 0. The molecule has 5 nitrogen and oxygen atoms in total. The van der Waals surface area contributed by atoms with Gasteiger partial charge in [0.05, 0.1) is 24.4 Å². The second-order valence-electron chi connectivity index (χ2n) is 3.25. The largest absolute Gasteiger partial charge is 0.507 e. The number of rotatable bonds is 3. The molecule has 0 amide bonds. The molecule has 0 aliphatic carbocycles. The van der Waals surface area contributed by atoms with Gasteiger partial charge in [-0.1, -0.05) is 0 Å². The summed E-state index contributed by atoms with van der Waals surface area (Å²) in [6.07, 6.45) is 1.05. The zero-order valence-corrected chi connectivity index (χ0v) is 9.90. The molecule has 2 rings (SSSR count). The summed E-state index contributed by atoms with van der Waals surface area (Å²) in [6.45, 7) is 1.98. The number of ether oxygens (including phenoxy) is 1. The molecular formula is C11H10N2O3S. The number of benzene rings is 1. The minimum Gasteiger partial charge on any atom is -0.507 e. The molecule has 1 aromatic carbocycles. The van der Waals surface area contributed by atoms with Crippen molar-refractivity contribution in [1.29, 1.82) is 0 Å². The van der Waals surface area contributed by atoms with E-state index in [2.05, 4.69) is 8.75 Å². The average molecular weight is 250 g/mol. The van der Waals surface area contributed by atoms with E-state index in [9.17, 15) is 9.90 Å². The van der Waals surface area contributed by atoms with E-state index in [1.54, 1.807) is 25.1 Å². The van der Waals surface area contributed by atoms with Gasteiger partial charge in [-0.05, 0) is 25.1 Å². The van der Waals surface area contributed by atoms with E-state index in [-0.39, 0.29) is 12.4 Å². The van der Waals surface area contributed by atoms with E-state index in [0.717, 1.165) is 23.3 Å². The number of aliphatic hydroxyl groups is 1. The van der Waals surface area contributed by atoms with E-state index < -0.39 is 5.97 Å². The Kier molecular flexibility index (Phi) is 3.34. The minimum absolute atomic E-state index is 0.140. The molecule has 1 aromatic heterocycles. The molecule has 1 heterocycles. The van der Waals surface area contributed by atoms with Crippen molar-refractivity contribution in [3.05, 3.63) is 29.8 Å². The van der Waals surface area contributed by atoms with Crippen molar-refractivity contribution in [3.63, 3.8) is 0 Å². The van der Waals surface area contributed by atoms with Gasteiger partial charge < -0.3 is 9.84 Å². The third kappa shape index (κ3) is 2.59. The summed E-state index contributed by atoms with van der Waals surface area (Å²) in [4.78, 5) is 11.2. The predicted octanol–water partition coefficient (Wildman–Crippen LogP) is 2.15. The van der Waals surface area contributed by atoms with Crippen LogP contribution in [0.25, 0.3) is 16.8 Å². The first kappa shape index (κ1) is 11.5. The third-order valence-electron chi connectivity index (χ3n) is 2.09. The number of nitrogens with zero attached hydrogens (tertiary/aromatic N) is 2. The molecule has 2 aromatic rings. The molecule has 0 saturated heterocycles. The van der Waals surface area contributed by atoms with Crippen LogP contribution in [0, 0.1) is 0 Å². The maximum Gasteiger partial charge on any atom is 0.334 e. The molecule has 1 N–H and O–H groups in total. The summed E-state index contributed by atoms with van der Waals surface area (Å²) in [5.74, 6) is -0.708. The van der Waals surface area contributed by atoms with Crippen LogP contribution < -0.4 is 0 Å². The average Bonchev–Trinajstić information content (AvgIpc) is 2.75. The molecule has 0 aliphatic heterocycles. The highest BCUT2D eigenvalue weighted by molar-refractivity contribution is 7.00. The van der Waals surface area contributed by atoms with Crippen molar-refractivity contribution in [1.82, 2.24) is 8.75 Å². The number of carbonyl (C=O) groups excluding carboxylic acids is 1. The first-order valence-corrected chi connectivity index (χ1v) is 5.74. The fourth-order valence-electron chi connectivity index (χ4n) is 1.32. The summed E-state index contributed by atoms with van der Waals surface area (Å²) in [5.41, 5.74) is 1.97. The predicted molar refractivity (Wildman–Crippen MR) is 64.7 cm³/mol. The van der Waals surface area contributed by atoms with Gasteiger partial charge in [0, 0.05) is 5.56 Å². The van der Waals surface area contributed by atoms with Crippen molar-refractivity contribution in [2.24, 2.45) is 0 Å². The molecule has 0 spiro atoms. The number of aromatic nitrogens is 2. The van der Waals surface area contributed by atoms with E-state index in [4.69, 9.17) is 4.74 Å². The second kappa shape index (κ2) is 4.92. The molecule has 0 aliphatic rings.